The quantitative estimate of drug-likeness (QED) is 0.608. The lowest BCUT2D eigenvalue weighted by atomic mass is 10.1. The molecular formula is C17H28Cl2N2O. The summed E-state index contributed by atoms with van der Waals surface area (Å²) >= 11 is 4.32. The Labute approximate surface area is 145 Å². The van der Waals surface area contributed by atoms with E-state index in [2.05, 4.69) is 52.1 Å². The Kier molecular flexibility index (Phi) is 14.6. The first-order valence-electron chi connectivity index (χ1n) is 7.93. The zero-order valence-electron chi connectivity index (χ0n) is 13.2. The van der Waals surface area contributed by atoms with Gasteiger partial charge in [0.1, 0.15) is 0 Å². The Bertz CT molecular complexity index is 341. The van der Waals surface area contributed by atoms with Crippen molar-refractivity contribution in [3.8, 4) is 0 Å². The fourth-order valence-corrected chi connectivity index (χ4v) is 2.59. The van der Waals surface area contributed by atoms with Crippen LogP contribution in [0.5, 0.6) is 0 Å². The lowest BCUT2D eigenvalue weighted by molar-refractivity contribution is 0.520. The van der Waals surface area contributed by atoms with Gasteiger partial charge in [-0.15, -0.1) is 12.4 Å². The van der Waals surface area contributed by atoms with Gasteiger partial charge in [-0.25, -0.2) is 0 Å². The molecule has 2 saturated heterocycles. The Morgan fingerprint density at radius 1 is 0.909 bits per heavy atom. The molecule has 0 spiro atoms. The molecule has 0 aromatic heterocycles. The molecule has 22 heavy (non-hydrogen) atoms. The Morgan fingerprint density at radius 2 is 1.41 bits per heavy atom. The molecule has 3 nitrogen and oxygen atoms in total. The zero-order chi connectivity index (χ0) is 15.2. The van der Waals surface area contributed by atoms with Crippen LogP contribution in [0.25, 0.3) is 0 Å². The summed E-state index contributed by atoms with van der Waals surface area (Å²) in [5.41, 5.74) is 1.39. The van der Waals surface area contributed by atoms with Gasteiger partial charge >= 0.3 is 0 Å². The highest BCUT2D eigenvalue weighted by Crippen LogP contribution is 2.18. The van der Waals surface area contributed by atoms with Crippen molar-refractivity contribution in [1.82, 2.24) is 5.32 Å². The molecule has 0 amide bonds. The van der Waals surface area contributed by atoms with Crippen molar-refractivity contribution < 1.29 is 4.79 Å². The first-order valence-corrected chi connectivity index (χ1v) is 8.36. The molecule has 3 rings (SSSR count). The average molecular weight is 347 g/mol. The van der Waals surface area contributed by atoms with Gasteiger partial charge in [-0.2, -0.15) is 0 Å². The van der Waals surface area contributed by atoms with Gasteiger partial charge in [-0.3, -0.25) is 4.79 Å². The van der Waals surface area contributed by atoms with E-state index < -0.39 is 0 Å². The molecule has 126 valence electrons. The molecule has 2 fully saturated rings. The minimum absolute atomic E-state index is 0. The second kappa shape index (κ2) is 15.1. The number of hydrogen-bond donors (Lipinski definition) is 1. The van der Waals surface area contributed by atoms with Crippen LogP contribution < -0.4 is 10.2 Å². The summed E-state index contributed by atoms with van der Waals surface area (Å²) in [7, 11) is 0. The van der Waals surface area contributed by atoms with E-state index >= 15 is 0 Å². The van der Waals surface area contributed by atoms with Crippen LogP contribution in [0.3, 0.4) is 0 Å². The van der Waals surface area contributed by atoms with Crippen LogP contribution in [0.2, 0.25) is 0 Å². The van der Waals surface area contributed by atoms with Gasteiger partial charge in [0.2, 0.25) is 5.75 Å². The first-order chi connectivity index (χ1) is 10.4. The van der Waals surface area contributed by atoms with E-state index in [9.17, 15) is 0 Å². The van der Waals surface area contributed by atoms with Gasteiger partial charge < -0.3 is 10.2 Å². The van der Waals surface area contributed by atoms with E-state index in [4.69, 9.17) is 4.79 Å². The molecule has 0 unspecified atom stereocenters. The summed E-state index contributed by atoms with van der Waals surface area (Å²) in [6.45, 7) is 4.98. The number of nitrogens with zero attached hydrogens (tertiary/aromatic N) is 1. The lowest BCUT2D eigenvalue weighted by Gasteiger charge is -2.28. The van der Waals surface area contributed by atoms with Gasteiger partial charge in [0.05, 0.1) is 0 Å². The molecule has 1 aromatic carbocycles. The molecule has 2 aliphatic rings. The molecule has 1 N–H and O–H groups in total. The van der Waals surface area contributed by atoms with E-state index in [1.165, 1.54) is 70.4 Å². The summed E-state index contributed by atoms with van der Waals surface area (Å²) in [6.07, 6.45) is 8.33. The maximum atomic E-state index is 8.57. The second-order valence-corrected chi connectivity index (χ2v) is 5.46. The van der Waals surface area contributed by atoms with E-state index in [0.29, 0.717) is 0 Å². The molecule has 0 radical (unpaired) electrons. The third-order valence-corrected chi connectivity index (χ3v) is 3.68. The van der Waals surface area contributed by atoms with Crippen LogP contribution in [0, 0.1) is 0 Å². The maximum absolute atomic E-state index is 8.57. The van der Waals surface area contributed by atoms with Crippen LogP contribution in [-0.4, -0.2) is 31.9 Å². The number of carbonyl (C=O) groups excluding carboxylic acids is 1. The van der Waals surface area contributed by atoms with Crippen LogP contribution in [-0.2, 0) is 4.79 Å². The number of benzene rings is 1. The molecule has 5 heteroatoms. The first kappa shape index (κ1) is 21.2. The summed E-state index contributed by atoms with van der Waals surface area (Å²) in [4.78, 5) is 11.0. The third kappa shape index (κ3) is 10.0. The van der Waals surface area contributed by atoms with Gasteiger partial charge in [-0.05, 0) is 68.9 Å². The zero-order valence-corrected chi connectivity index (χ0v) is 14.7. The lowest BCUT2D eigenvalue weighted by Crippen LogP contribution is -2.29. The van der Waals surface area contributed by atoms with Crippen LogP contribution in [0.15, 0.2) is 30.3 Å². The van der Waals surface area contributed by atoms with E-state index in [-0.39, 0.29) is 18.2 Å². The largest absolute Gasteiger partial charge is 0.372 e. The van der Waals surface area contributed by atoms with Crippen molar-refractivity contribution in [2.24, 2.45) is 0 Å². The normalized spacial score (nSPS) is 16.9. The number of piperidine rings is 2. The molecule has 0 saturated carbocycles. The van der Waals surface area contributed by atoms with Crippen molar-refractivity contribution in [2.45, 2.75) is 38.5 Å². The molecule has 0 bridgehead atoms. The predicted octanol–water partition coefficient (Wildman–Crippen LogP) is 4.27. The number of nitrogens with one attached hydrogen (secondary N) is 1. The molecule has 0 atom stereocenters. The van der Waals surface area contributed by atoms with Gasteiger partial charge in [0.15, 0.2) is 0 Å². The summed E-state index contributed by atoms with van der Waals surface area (Å²) < 4.78 is 0. The SMILES string of the molecule is C1CCNCC1.Cl.O=CCl.c1ccc(N2CCCCC2)cc1. The predicted molar refractivity (Wildman–Crippen MR) is 99.1 cm³/mol. The highest BCUT2D eigenvalue weighted by molar-refractivity contribution is 6.54. The molecule has 0 aliphatic carbocycles. The van der Waals surface area contributed by atoms with Crippen LogP contribution >= 0.6 is 24.0 Å². The topological polar surface area (TPSA) is 32.3 Å². The Morgan fingerprint density at radius 3 is 1.82 bits per heavy atom. The van der Waals surface area contributed by atoms with Crippen molar-refractivity contribution in [3.05, 3.63) is 30.3 Å². The van der Waals surface area contributed by atoms with E-state index in [1.54, 1.807) is 0 Å². The third-order valence-electron chi connectivity index (χ3n) is 3.68. The Balaban J connectivity index is 0.000000374. The van der Waals surface area contributed by atoms with Crippen LogP contribution in [0.1, 0.15) is 38.5 Å². The highest BCUT2D eigenvalue weighted by Gasteiger charge is 2.09. The molecule has 2 aliphatic heterocycles. The van der Waals surface area contributed by atoms with Crippen molar-refractivity contribution in [3.63, 3.8) is 0 Å². The van der Waals surface area contributed by atoms with Crippen molar-refractivity contribution >= 4 is 35.4 Å². The summed E-state index contributed by atoms with van der Waals surface area (Å²) in [5, 5.41) is 3.28. The number of halogens is 2. The maximum Gasteiger partial charge on any atom is 0.208 e. The monoisotopic (exact) mass is 346 g/mol. The van der Waals surface area contributed by atoms with E-state index in [0.717, 1.165) is 0 Å². The van der Waals surface area contributed by atoms with Crippen molar-refractivity contribution in [1.29, 1.82) is 0 Å². The van der Waals surface area contributed by atoms with Crippen molar-refractivity contribution in [2.75, 3.05) is 31.1 Å². The van der Waals surface area contributed by atoms with Gasteiger partial charge in [0.25, 0.3) is 0 Å². The minimum Gasteiger partial charge on any atom is -0.372 e. The number of para-hydroxylation sites is 1. The number of anilines is 1. The fraction of sp³-hybridized carbons (Fsp3) is 0.588. The Hall–Kier alpha value is -0.770. The standard InChI is InChI=1S/C11H15N.C5H11N.CHClO.ClH/c1-3-7-11(8-4-1)12-9-5-2-6-10-12;1-2-4-6-5-3-1;2-1-3;/h1,3-4,7-8H,2,5-6,9-10H2;6H,1-5H2;1H;1H. The highest BCUT2D eigenvalue weighted by atomic mass is 35.5. The minimum atomic E-state index is 0. The smallest absolute Gasteiger partial charge is 0.208 e. The average Bonchev–Trinajstić information content (AvgIpc) is 2.59. The van der Waals surface area contributed by atoms with Gasteiger partial charge in [0, 0.05) is 18.8 Å². The number of rotatable bonds is 1. The summed E-state index contributed by atoms with van der Waals surface area (Å²) in [6, 6.07) is 10.7. The number of carbonyl (C=O) groups is 1. The number of hydrogen-bond acceptors (Lipinski definition) is 3. The van der Waals surface area contributed by atoms with E-state index in [1.807, 2.05) is 0 Å². The summed E-state index contributed by atoms with van der Waals surface area (Å²) in [5.74, 6) is 0.222. The van der Waals surface area contributed by atoms with Gasteiger partial charge in [-0.1, -0.05) is 24.6 Å². The fourth-order valence-electron chi connectivity index (χ4n) is 2.59. The van der Waals surface area contributed by atoms with Crippen LogP contribution in [0.4, 0.5) is 5.69 Å². The molecule has 2 heterocycles. The molecular weight excluding hydrogens is 319 g/mol. The second-order valence-electron chi connectivity index (χ2n) is 5.28. The molecule has 1 aromatic rings.